The minimum absolute atomic E-state index is 0.00974. The second-order valence-corrected chi connectivity index (χ2v) is 8.25. The summed E-state index contributed by atoms with van der Waals surface area (Å²) in [7, 11) is -3.56. The maximum atomic E-state index is 13.0. The second-order valence-electron chi connectivity index (χ2n) is 6.53. The first-order chi connectivity index (χ1) is 11.1. The molecule has 1 aromatic rings. The van der Waals surface area contributed by atoms with Gasteiger partial charge in [0.25, 0.3) is 0 Å². The van der Waals surface area contributed by atoms with Gasteiger partial charge in [0.1, 0.15) is 5.82 Å². The lowest BCUT2D eigenvalue weighted by atomic mass is 9.98. The molecule has 0 saturated heterocycles. The van der Waals surface area contributed by atoms with Crippen molar-refractivity contribution in [3.8, 4) is 0 Å². The van der Waals surface area contributed by atoms with Crippen molar-refractivity contribution in [2.75, 3.05) is 0 Å². The summed E-state index contributed by atoms with van der Waals surface area (Å²) in [5.74, 6) is -0.421. The van der Waals surface area contributed by atoms with Crippen LogP contribution in [0.3, 0.4) is 0 Å². The molecule has 0 aliphatic heterocycles. The predicted octanol–water partition coefficient (Wildman–Crippen LogP) is 4.78. The van der Waals surface area contributed by atoms with Crippen molar-refractivity contribution in [2.45, 2.75) is 81.6 Å². The van der Waals surface area contributed by atoms with Crippen LogP contribution in [-0.2, 0) is 10.0 Å². The van der Waals surface area contributed by atoms with E-state index in [0.717, 1.165) is 25.7 Å². The molecule has 1 N–H and O–H groups in total. The molecule has 0 heterocycles. The van der Waals surface area contributed by atoms with E-state index in [1.165, 1.54) is 69.2 Å². The molecular weight excluding hydrogens is 313 g/mol. The molecule has 1 aromatic carbocycles. The van der Waals surface area contributed by atoms with Crippen LogP contribution in [-0.4, -0.2) is 14.5 Å². The van der Waals surface area contributed by atoms with E-state index in [9.17, 15) is 12.8 Å². The summed E-state index contributed by atoms with van der Waals surface area (Å²) in [5, 5.41) is 0. The van der Waals surface area contributed by atoms with Crippen LogP contribution in [0.1, 0.15) is 70.6 Å². The Kier molecular flexibility index (Phi) is 7.50. The molecule has 0 atom stereocenters. The number of halogens is 1. The molecule has 23 heavy (non-hydrogen) atoms. The van der Waals surface area contributed by atoms with Crippen LogP contribution in [0.2, 0.25) is 0 Å². The summed E-state index contributed by atoms with van der Waals surface area (Å²) < 4.78 is 40.7. The first-order valence-electron chi connectivity index (χ1n) is 8.86. The van der Waals surface area contributed by atoms with Crippen molar-refractivity contribution in [1.82, 2.24) is 4.72 Å². The molecule has 1 fully saturated rings. The number of nitrogens with one attached hydrogen (secondary N) is 1. The van der Waals surface area contributed by atoms with Gasteiger partial charge in [-0.15, -0.1) is 0 Å². The van der Waals surface area contributed by atoms with E-state index in [1.54, 1.807) is 0 Å². The summed E-state index contributed by atoms with van der Waals surface area (Å²) in [6.07, 6.45) is 12.7. The lowest BCUT2D eigenvalue weighted by Gasteiger charge is -2.19. The minimum Gasteiger partial charge on any atom is -0.208 e. The third-order valence-electron chi connectivity index (χ3n) is 4.55. The van der Waals surface area contributed by atoms with Gasteiger partial charge in [-0.05, 0) is 37.1 Å². The molecule has 0 bridgehead atoms. The van der Waals surface area contributed by atoms with Crippen molar-refractivity contribution < 1.29 is 12.8 Å². The van der Waals surface area contributed by atoms with Gasteiger partial charge in [-0.1, -0.05) is 57.8 Å². The van der Waals surface area contributed by atoms with Crippen molar-refractivity contribution in [3.05, 3.63) is 30.1 Å². The second kappa shape index (κ2) is 9.38. The average molecular weight is 341 g/mol. The Morgan fingerprint density at radius 1 is 0.783 bits per heavy atom. The number of sulfonamides is 1. The van der Waals surface area contributed by atoms with Crippen LogP contribution < -0.4 is 4.72 Å². The van der Waals surface area contributed by atoms with Gasteiger partial charge in [0.15, 0.2) is 0 Å². The standard InChI is InChI=1S/C18H28FNO2S/c19-16-12-14-18(15-13-16)23(21,22)20-17-10-8-6-4-2-1-3-5-7-9-11-17/h12-15,17,20H,1-11H2. The van der Waals surface area contributed by atoms with E-state index in [1.807, 2.05) is 0 Å². The molecule has 3 nitrogen and oxygen atoms in total. The van der Waals surface area contributed by atoms with Gasteiger partial charge in [-0.2, -0.15) is 0 Å². The average Bonchev–Trinajstić information content (AvgIpc) is 2.50. The Morgan fingerprint density at radius 3 is 1.70 bits per heavy atom. The van der Waals surface area contributed by atoms with Gasteiger partial charge in [0, 0.05) is 6.04 Å². The number of hydrogen-bond acceptors (Lipinski definition) is 2. The summed E-state index contributed by atoms with van der Waals surface area (Å²) in [6.45, 7) is 0. The summed E-state index contributed by atoms with van der Waals surface area (Å²) in [5.41, 5.74) is 0. The summed E-state index contributed by atoms with van der Waals surface area (Å²) in [6, 6.07) is 5.02. The zero-order valence-electron chi connectivity index (χ0n) is 13.8. The molecule has 130 valence electrons. The van der Waals surface area contributed by atoms with Crippen LogP contribution >= 0.6 is 0 Å². The molecule has 0 spiro atoms. The quantitative estimate of drug-likeness (QED) is 0.860. The third kappa shape index (κ3) is 6.60. The van der Waals surface area contributed by atoms with E-state index in [-0.39, 0.29) is 10.9 Å². The topological polar surface area (TPSA) is 46.2 Å². The van der Waals surface area contributed by atoms with Crippen LogP contribution in [0, 0.1) is 5.82 Å². The summed E-state index contributed by atoms with van der Waals surface area (Å²) in [4.78, 5) is 0.144. The first kappa shape index (κ1) is 18.4. The first-order valence-corrected chi connectivity index (χ1v) is 10.3. The van der Waals surface area contributed by atoms with Crippen LogP contribution in [0.15, 0.2) is 29.2 Å². The van der Waals surface area contributed by atoms with Crippen LogP contribution in [0.5, 0.6) is 0 Å². The fourth-order valence-electron chi connectivity index (χ4n) is 3.18. The van der Waals surface area contributed by atoms with Crippen LogP contribution in [0.4, 0.5) is 4.39 Å². The molecule has 5 heteroatoms. The van der Waals surface area contributed by atoms with Gasteiger partial charge in [-0.3, -0.25) is 0 Å². The summed E-state index contributed by atoms with van der Waals surface area (Å²) >= 11 is 0. The Bertz CT molecular complexity index is 545. The Hall–Kier alpha value is -0.940. The molecule has 0 amide bonds. The minimum atomic E-state index is -3.56. The number of benzene rings is 1. The smallest absolute Gasteiger partial charge is 0.208 e. The van der Waals surface area contributed by atoms with E-state index >= 15 is 0 Å². The monoisotopic (exact) mass is 341 g/mol. The highest BCUT2D eigenvalue weighted by molar-refractivity contribution is 7.89. The lowest BCUT2D eigenvalue weighted by Crippen LogP contribution is -2.35. The van der Waals surface area contributed by atoms with Crippen molar-refractivity contribution in [3.63, 3.8) is 0 Å². The molecule has 1 saturated carbocycles. The van der Waals surface area contributed by atoms with E-state index in [4.69, 9.17) is 0 Å². The zero-order valence-corrected chi connectivity index (χ0v) is 14.6. The Labute approximate surface area is 139 Å². The third-order valence-corrected chi connectivity index (χ3v) is 6.09. The molecule has 2 rings (SSSR count). The highest BCUT2D eigenvalue weighted by Crippen LogP contribution is 2.19. The van der Waals surface area contributed by atoms with Crippen molar-refractivity contribution in [2.24, 2.45) is 0 Å². The van der Waals surface area contributed by atoms with Crippen molar-refractivity contribution in [1.29, 1.82) is 0 Å². The van der Waals surface area contributed by atoms with E-state index in [0.29, 0.717) is 0 Å². The lowest BCUT2D eigenvalue weighted by molar-refractivity contribution is 0.440. The largest absolute Gasteiger partial charge is 0.240 e. The molecule has 0 aromatic heterocycles. The Balaban J connectivity index is 1.97. The fraction of sp³-hybridized carbons (Fsp3) is 0.667. The van der Waals surface area contributed by atoms with Gasteiger partial charge in [-0.25, -0.2) is 17.5 Å². The van der Waals surface area contributed by atoms with Crippen LogP contribution in [0.25, 0.3) is 0 Å². The van der Waals surface area contributed by atoms with Crippen molar-refractivity contribution >= 4 is 10.0 Å². The fourth-order valence-corrected chi connectivity index (χ4v) is 4.49. The molecule has 0 radical (unpaired) electrons. The number of rotatable bonds is 3. The molecular formula is C18H28FNO2S. The molecule has 1 aliphatic rings. The van der Waals surface area contributed by atoms with Gasteiger partial charge in [0.2, 0.25) is 10.0 Å². The van der Waals surface area contributed by atoms with E-state index < -0.39 is 15.8 Å². The zero-order chi connectivity index (χ0) is 16.5. The normalized spacial score (nSPS) is 19.7. The van der Waals surface area contributed by atoms with E-state index in [2.05, 4.69) is 4.72 Å². The van der Waals surface area contributed by atoms with Gasteiger partial charge in [0.05, 0.1) is 4.90 Å². The van der Waals surface area contributed by atoms with Gasteiger partial charge >= 0.3 is 0 Å². The predicted molar refractivity (Wildman–Crippen MR) is 91.3 cm³/mol. The number of hydrogen-bond donors (Lipinski definition) is 1. The van der Waals surface area contributed by atoms with Gasteiger partial charge < -0.3 is 0 Å². The maximum Gasteiger partial charge on any atom is 0.240 e. The highest BCUT2D eigenvalue weighted by atomic mass is 32.2. The highest BCUT2D eigenvalue weighted by Gasteiger charge is 2.20. The molecule has 0 unspecified atom stereocenters. The molecule has 1 aliphatic carbocycles. The maximum absolute atomic E-state index is 13.0. The SMILES string of the molecule is O=S(=O)(NC1CCCCCCCCCCC1)c1ccc(F)cc1. The Morgan fingerprint density at radius 2 is 1.22 bits per heavy atom.